The van der Waals surface area contributed by atoms with Crippen molar-refractivity contribution in [2.75, 3.05) is 6.54 Å². The van der Waals surface area contributed by atoms with E-state index in [0.717, 1.165) is 11.8 Å². The minimum Gasteiger partial charge on any atom is -0.330 e. The van der Waals surface area contributed by atoms with Gasteiger partial charge in [-0.3, -0.25) is 19.7 Å². The van der Waals surface area contributed by atoms with Crippen LogP contribution in [0.25, 0.3) is 0 Å². The third-order valence-electron chi connectivity index (χ3n) is 6.46. The summed E-state index contributed by atoms with van der Waals surface area (Å²) in [5, 5.41) is 2.33. The van der Waals surface area contributed by atoms with Gasteiger partial charge in [-0.1, -0.05) is 0 Å². The van der Waals surface area contributed by atoms with E-state index >= 15 is 0 Å². The van der Waals surface area contributed by atoms with E-state index in [1.807, 2.05) is 6.92 Å². The normalized spacial score (nSPS) is 42.6. The number of nitrogens with zero attached hydrogens (tertiary/aromatic N) is 1. The first kappa shape index (κ1) is 14.2. The van der Waals surface area contributed by atoms with Crippen LogP contribution in [0.5, 0.6) is 0 Å². The molecule has 5 aliphatic rings. The standard InChI is InChI=1S/C17H24N2O3/c1-2-19(13-8-14(20)18-16(13)21)17(22)15-11-4-9-3-10(6-11)7-12(15)5-9/h9-13,15H,2-8H2,1H3,(H,18,20,21). The third-order valence-corrected chi connectivity index (χ3v) is 6.46. The first-order valence-electron chi connectivity index (χ1n) is 8.71. The zero-order chi connectivity index (χ0) is 15.4. The highest BCUT2D eigenvalue weighted by Gasteiger charge is 2.52. The van der Waals surface area contributed by atoms with Gasteiger partial charge in [0, 0.05) is 12.5 Å². The van der Waals surface area contributed by atoms with Crippen LogP contribution >= 0.6 is 0 Å². The maximum atomic E-state index is 13.1. The van der Waals surface area contributed by atoms with Crippen molar-refractivity contribution in [1.29, 1.82) is 0 Å². The Morgan fingerprint density at radius 2 is 1.68 bits per heavy atom. The second-order valence-corrected chi connectivity index (χ2v) is 7.71. The van der Waals surface area contributed by atoms with E-state index in [4.69, 9.17) is 0 Å². The van der Waals surface area contributed by atoms with Crippen molar-refractivity contribution in [3.8, 4) is 0 Å². The van der Waals surface area contributed by atoms with E-state index < -0.39 is 6.04 Å². The molecular formula is C17H24N2O3. The number of amides is 3. The highest BCUT2D eigenvalue weighted by Crippen LogP contribution is 2.57. The summed E-state index contributed by atoms with van der Waals surface area (Å²) < 4.78 is 0. The molecule has 1 heterocycles. The highest BCUT2D eigenvalue weighted by molar-refractivity contribution is 6.06. The molecule has 1 N–H and O–H groups in total. The van der Waals surface area contributed by atoms with Gasteiger partial charge in [-0.05, 0) is 62.7 Å². The van der Waals surface area contributed by atoms with E-state index in [2.05, 4.69) is 5.32 Å². The second kappa shape index (κ2) is 5.07. The lowest BCUT2D eigenvalue weighted by atomic mass is 9.51. The molecule has 0 radical (unpaired) electrons. The van der Waals surface area contributed by atoms with Crippen LogP contribution in [0.3, 0.4) is 0 Å². The smallest absolute Gasteiger partial charge is 0.249 e. The molecule has 1 atom stereocenters. The Morgan fingerprint density at radius 1 is 1.09 bits per heavy atom. The molecule has 5 nitrogen and oxygen atoms in total. The van der Waals surface area contributed by atoms with Crippen molar-refractivity contribution in [2.24, 2.45) is 29.6 Å². The minimum absolute atomic E-state index is 0.0938. The summed E-state index contributed by atoms with van der Waals surface area (Å²) in [6.07, 6.45) is 6.26. The summed E-state index contributed by atoms with van der Waals surface area (Å²) in [7, 11) is 0. The quantitative estimate of drug-likeness (QED) is 0.800. The van der Waals surface area contributed by atoms with E-state index in [1.165, 1.54) is 32.1 Å². The molecule has 5 heteroatoms. The SMILES string of the molecule is CCN(C(=O)C1C2CC3CC(C2)CC1C3)C1CC(=O)NC1=O. The van der Waals surface area contributed by atoms with Gasteiger partial charge in [0.15, 0.2) is 0 Å². The number of nitrogens with one attached hydrogen (secondary N) is 1. The Kier molecular flexibility index (Phi) is 3.27. The molecule has 4 bridgehead atoms. The van der Waals surface area contributed by atoms with Crippen LogP contribution in [0.4, 0.5) is 0 Å². The van der Waals surface area contributed by atoms with Crippen LogP contribution in [0.15, 0.2) is 0 Å². The van der Waals surface area contributed by atoms with E-state index in [9.17, 15) is 14.4 Å². The van der Waals surface area contributed by atoms with Crippen molar-refractivity contribution >= 4 is 17.7 Å². The molecule has 0 aromatic heterocycles. The van der Waals surface area contributed by atoms with Gasteiger partial charge in [0.05, 0.1) is 6.42 Å². The molecule has 120 valence electrons. The largest absolute Gasteiger partial charge is 0.330 e. The predicted octanol–water partition coefficient (Wildman–Crippen LogP) is 1.32. The maximum absolute atomic E-state index is 13.1. The maximum Gasteiger partial charge on any atom is 0.249 e. The van der Waals surface area contributed by atoms with E-state index in [0.29, 0.717) is 18.4 Å². The van der Waals surface area contributed by atoms with Gasteiger partial charge in [-0.2, -0.15) is 0 Å². The summed E-state index contributed by atoms with van der Waals surface area (Å²) in [5.41, 5.74) is 0. The van der Waals surface area contributed by atoms with Crippen molar-refractivity contribution in [3.63, 3.8) is 0 Å². The van der Waals surface area contributed by atoms with Gasteiger partial charge in [0.1, 0.15) is 6.04 Å². The van der Waals surface area contributed by atoms with Gasteiger partial charge >= 0.3 is 0 Å². The van der Waals surface area contributed by atoms with Gasteiger partial charge in [0.25, 0.3) is 0 Å². The fourth-order valence-corrected chi connectivity index (χ4v) is 5.84. The molecule has 3 amide bonds. The summed E-state index contributed by atoms with van der Waals surface area (Å²) in [5.74, 6) is 2.35. The van der Waals surface area contributed by atoms with Gasteiger partial charge in [0.2, 0.25) is 17.7 Å². The second-order valence-electron chi connectivity index (χ2n) is 7.71. The molecule has 0 aromatic carbocycles. The monoisotopic (exact) mass is 304 g/mol. The third kappa shape index (κ3) is 2.09. The molecule has 4 aliphatic carbocycles. The number of hydrogen-bond donors (Lipinski definition) is 1. The molecule has 1 unspecified atom stereocenters. The first-order valence-corrected chi connectivity index (χ1v) is 8.71. The zero-order valence-corrected chi connectivity index (χ0v) is 13.1. The van der Waals surface area contributed by atoms with Crippen molar-refractivity contribution in [1.82, 2.24) is 10.2 Å². The number of carbonyl (C=O) groups excluding carboxylic acids is 3. The molecule has 4 saturated carbocycles. The van der Waals surface area contributed by atoms with Gasteiger partial charge in [-0.25, -0.2) is 0 Å². The molecule has 0 spiro atoms. The van der Waals surface area contributed by atoms with E-state index in [-0.39, 0.29) is 30.1 Å². The number of hydrogen-bond acceptors (Lipinski definition) is 3. The summed E-state index contributed by atoms with van der Waals surface area (Å²) in [4.78, 5) is 38.2. The Morgan fingerprint density at radius 3 is 2.14 bits per heavy atom. The number of likely N-dealkylation sites (N-methyl/N-ethyl adjacent to an activating group) is 1. The van der Waals surface area contributed by atoms with Crippen molar-refractivity contribution in [2.45, 2.75) is 51.5 Å². The number of carbonyl (C=O) groups is 3. The lowest BCUT2D eigenvalue weighted by Crippen LogP contribution is -2.54. The first-order chi connectivity index (χ1) is 10.6. The molecule has 5 fully saturated rings. The van der Waals surface area contributed by atoms with Crippen molar-refractivity contribution < 1.29 is 14.4 Å². The number of rotatable bonds is 3. The zero-order valence-electron chi connectivity index (χ0n) is 13.1. The molecule has 22 heavy (non-hydrogen) atoms. The topological polar surface area (TPSA) is 66.5 Å². The number of imide groups is 1. The van der Waals surface area contributed by atoms with Crippen LogP contribution in [0, 0.1) is 29.6 Å². The average molecular weight is 304 g/mol. The van der Waals surface area contributed by atoms with Crippen LogP contribution < -0.4 is 5.32 Å². The minimum atomic E-state index is -0.581. The van der Waals surface area contributed by atoms with Crippen LogP contribution in [0.2, 0.25) is 0 Å². The Labute approximate surface area is 130 Å². The Balaban J connectivity index is 1.55. The average Bonchev–Trinajstić information content (AvgIpc) is 2.77. The molecular weight excluding hydrogens is 280 g/mol. The van der Waals surface area contributed by atoms with Crippen LogP contribution in [-0.2, 0) is 14.4 Å². The molecule has 1 saturated heterocycles. The Hall–Kier alpha value is -1.39. The lowest BCUT2D eigenvalue weighted by Gasteiger charge is -2.54. The highest BCUT2D eigenvalue weighted by atomic mass is 16.2. The van der Waals surface area contributed by atoms with Crippen molar-refractivity contribution in [3.05, 3.63) is 0 Å². The van der Waals surface area contributed by atoms with Gasteiger partial charge < -0.3 is 4.90 Å². The fourth-order valence-electron chi connectivity index (χ4n) is 5.84. The van der Waals surface area contributed by atoms with Crippen LogP contribution in [-0.4, -0.2) is 35.2 Å². The molecule has 1 aliphatic heterocycles. The molecule has 5 rings (SSSR count). The summed E-state index contributed by atoms with van der Waals surface area (Å²) in [6, 6.07) is -0.581. The predicted molar refractivity (Wildman–Crippen MR) is 79.5 cm³/mol. The summed E-state index contributed by atoms with van der Waals surface area (Å²) >= 11 is 0. The Bertz CT molecular complexity index is 502. The van der Waals surface area contributed by atoms with Gasteiger partial charge in [-0.15, -0.1) is 0 Å². The molecule has 0 aromatic rings. The van der Waals surface area contributed by atoms with Crippen LogP contribution in [0.1, 0.15) is 45.4 Å². The lowest BCUT2D eigenvalue weighted by molar-refractivity contribution is -0.153. The fraction of sp³-hybridized carbons (Fsp3) is 0.824. The summed E-state index contributed by atoms with van der Waals surface area (Å²) in [6.45, 7) is 2.41. The van der Waals surface area contributed by atoms with E-state index in [1.54, 1.807) is 4.90 Å².